The third-order valence-corrected chi connectivity index (χ3v) is 4.95. The van der Waals surface area contributed by atoms with E-state index in [1.807, 2.05) is 27.7 Å². The summed E-state index contributed by atoms with van der Waals surface area (Å²) in [5.41, 5.74) is -5.44. The van der Waals surface area contributed by atoms with Crippen LogP contribution in [0.4, 0.5) is 26.3 Å². The average molecular weight is 386 g/mol. The summed E-state index contributed by atoms with van der Waals surface area (Å²) < 4.78 is 78.5. The number of hydrogen-bond acceptors (Lipinski definition) is 1. The number of carbonyl (C=O) groups is 1. The van der Waals surface area contributed by atoms with E-state index in [4.69, 9.17) is 0 Å². The highest BCUT2D eigenvalue weighted by molar-refractivity contribution is 7.58. The lowest BCUT2D eigenvalue weighted by atomic mass is 9.86. The predicted molar refractivity (Wildman–Crippen MR) is 87.2 cm³/mol. The average Bonchev–Trinajstić information content (AvgIpc) is 2.40. The van der Waals surface area contributed by atoms with Crippen LogP contribution in [0.2, 0.25) is 0 Å². The molecule has 0 fully saturated rings. The molecule has 0 saturated carbocycles. The van der Waals surface area contributed by atoms with Gasteiger partial charge < -0.3 is 0 Å². The Labute approximate surface area is 145 Å². The van der Waals surface area contributed by atoms with E-state index in [0.29, 0.717) is 18.2 Å². The Balaban J connectivity index is 3.15. The molecule has 8 heteroatoms. The fourth-order valence-corrected chi connectivity index (χ4v) is 3.87. The van der Waals surface area contributed by atoms with Crippen LogP contribution in [-0.4, -0.2) is 11.7 Å². The van der Waals surface area contributed by atoms with Crippen LogP contribution in [0.1, 0.15) is 55.6 Å². The second-order valence-corrected chi connectivity index (χ2v) is 8.52. The Morgan fingerprint density at radius 1 is 1.00 bits per heavy atom. The molecule has 1 aromatic carbocycles. The van der Waals surface area contributed by atoms with Gasteiger partial charge in [0.1, 0.15) is 0 Å². The van der Waals surface area contributed by atoms with Crippen LogP contribution in [0.15, 0.2) is 18.2 Å². The number of carbonyl (C=O) groups excluding carboxylic acids is 1. The fraction of sp³-hybridized carbons (Fsp3) is 0.588. The monoisotopic (exact) mass is 386 g/mol. The van der Waals surface area contributed by atoms with Gasteiger partial charge in [-0.1, -0.05) is 33.8 Å². The van der Waals surface area contributed by atoms with Crippen LogP contribution in [0.3, 0.4) is 0 Å². The molecule has 0 spiro atoms. The van der Waals surface area contributed by atoms with Crippen LogP contribution in [-0.2, 0) is 12.4 Å². The zero-order valence-corrected chi connectivity index (χ0v) is 15.4. The molecule has 2 atom stereocenters. The lowest BCUT2D eigenvalue weighted by molar-refractivity contribution is -0.143. The molecule has 1 aromatic rings. The first-order chi connectivity index (χ1) is 11.1. The van der Waals surface area contributed by atoms with Gasteiger partial charge >= 0.3 is 12.4 Å². The standard InChI is InChI=1S/C17H21F6OP/c1-10(8-15(2,3)4)9-25-14(24)13-11(16(18,19)20)6-5-7-12(13)17(21,22)23/h5-7,10,25H,8-9H2,1-4H3. The van der Waals surface area contributed by atoms with E-state index in [-0.39, 0.29) is 17.5 Å². The van der Waals surface area contributed by atoms with Gasteiger partial charge in [-0.2, -0.15) is 26.3 Å². The highest BCUT2D eigenvalue weighted by atomic mass is 31.1. The molecule has 25 heavy (non-hydrogen) atoms. The molecule has 0 radical (unpaired) electrons. The molecule has 0 aliphatic rings. The summed E-state index contributed by atoms with van der Waals surface area (Å²) in [6.45, 7) is 7.78. The Morgan fingerprint density at radius 3 is 1.80 bits per heavy atom. The van der Waals surface area contributed by atoms with Crippen molar-refractivity contribution >= 4 is 14.1 Å². The molecule has 0 N–H and O–H groups in total. The second kappa shape index (κ2) is 7.65. The number of rotatable bonds is 5. The molecular weight excluding hydrogens is 365 g/mol. The van der Waals surface area contributed by atoms with Crippen LogP contribution < -0.4 is 0 Å². The van der Waals surface area contributed by atoms with Crippen LogP contribution >= 0.6 is 8.58 Å². The summed E-state index contributed by atoms with van der Waals surface area (Å²) in [5.74, 6) is 0.0228. The van der Waals surface area contributed by atoms with Crippen molar-refractivity contribution < 1.29 is 31.1 Å². The lowest BCUT2D eigenvalue weighted by Crippen LogP contribution is -2.19. The third kappa shape index (κ3) is 6.61. The van der Waals surface area contributed by atoms with Gasteiger partial charge in [-0.05, 0) is 44.6 Å². The van der Waals surface area contributed by atoms with Crippen LogP contribution in [0.25, 0.3) is 0 Å². The zero-order chi connectivity index (χ0) is 19.6. The Kier molecular flexibility index (Phi) is 6.71. The maximum absolute atomic E-state index is 13.1. The van der Waals surface area contributed by atoms with E-state index in [1.54, 1.807) is 0 Å². The normalized spacial score (nSPS) is 15.0. The molecule has 0 amide bonds. The Morgan fingerprint density at radius 2 is 1.44 bits per heavy atom. The summed E-state index contributed by atoms with van der Waals surface area (Å²) in [6, 6.07) is 1.71. The van der Waals surface area contributed by atoms with E-state index in [2.05, 4.69) is 0 Å². The van der Waals surface area contributed by atoms with Gasteiger partial charge in [0.25, 0.3) is 0 Å². The van der Waals surface area contributed by atoms with E-state index in [9.17, 15) is 31.1 Å². The molecule has 0 aromatic heterocycles. The Hall–Kier alpha value is -1.10. The van der Waals surface area contributed by atoms with Crippen molar-refractivity contribution in [1.82, 2.24) is 0 Å². The number of hydrogen-bond donors (Lipinski definition) is 0. The molecule has 1 rings (SSSR count). The van der Waals surface area contributed by atoms with Crippen LogP contribution in [0, 0.1) is 11.3 Å². The molecular formula is C17H21F6OP. The maximum atomic E-state index is 13.1. The van der Waals surface area contributed by atoms with Crippen molar-refractivity contribution in [3.05, 3.63) is 34.9 Å². The minimum atomic E-state index is -5.02. The SMILES string of the molecule is CC(CPC(=O)c1c(C(F)(F)F)cccc1C(F)(F)F)CC(C)(C)C. The molecule has 0 saturated heterocycles. The minimum Gasteiger partial charge on any atom is -0.289 e. The first-order valence-electron chi connectivity index (χ1n) is 7.68. The van der Waals surface area contributed by atoms with Gasteiger partial charge in [0.15, 0.2) is 5.52 Å². The molecule has 0 aliphatic heterocycles. The van der Waals surface area contributed by atoms with Crippen molar-refractivity contribution in [3.63, 3.8) is 0 Å². The van der Waals surface area contributed by atoms with E-state index in [0.717, 1.165) is 6.42 Å². The lowest BCUT2D eigenvalue weighted by Gasteiger charge is -2.23. The van der Waals surface area contributed by atoms with Crippen molar-refractivity contribution in [2.75, 3.05) is 6.16 Å². The second-order valence-electron chi connectivity index (χ2n) is 7.30. The molecule has 0 heterocycles. The first kappa shape index (κ1) is 21.9. The van der Waals surface area contributed by atoms with Crippen molar-refractivity contribution in [3.8, 4) is 0 Å². The molecule has 0 aliphatic carbocycles. The van der Waals surface area contributed by atoms with Crippen molar-refractivity contribution in [2.24, 2.45) is 11.3 Å². The molecule has 1 nitrogen and oxygen atoms in total. The third-order valence-electron chi connectivity index (χ3n) is 3.47. The summed E-state index contributed by atoms with van der Waals surface area (Å²) in [6.07, 6.45) is -9.05. The smallest absolute Gasteiger partial charge is 0.289 e. The summed E-state index contributed by atoms with van der Waals surface area (Å²) >= 11 is 0. The van der Waals surface area contributed by atoms with Gasteiger partial charge in [-0.15, -0.1) is 0 Å². The zero-order valence-electron chi connectivity index (χ0n) is 14.4. The van der Waals surface area contributed by atoms with Gasteiger partial charge in [-0.3, -0.25) is 4.79 Å². The Bertz CT molecular complexity index is 581. The van der Waals surface area contributed by atoms with Crippen LogP contribution in [0.5, 0.6) is 0 Å². The molecule has 142 valence electrons. The van der Waals surface area contributed by atoms with E-state index in [1.165, 1.54) is 0 Å². The highest BCUT2D eigenvalue weighted by Gasteiger charge is 2.42. The fourth-order valence-electron chi connectivity index (χ4n) is 2.74. The van der Waals surface area contributed by atoms with E-state index >= 15 is 0 Å². The summed E-state index contributed by atoms with van der Waals surface area (Å²) in [5, 5.41) is 0. The minimum absolute atomic E-state index is 0.0228. The highest BCUT2D eigenvalue weighted by Crippen LogP contribution is 2.42. The molecule has 2 unspecified atom stereocenters. The van der Waals surface area contributed by atoms with Gasteiger partial charge in [0, 0.05) is 5.56 Å². The van der Waals surface area contributed by atoms with Crippen molar-refractivity contribution in [2.45, 2.75) is 46.5 Å². The van der Waals surface area contributed by atoms with E-state index < -0.39 is 43.1 Å². The van der Waals surface area contributed by atoms with Gasteiger partial charge in [0.2, 0.25) is 0 Å². The largest absolute Gasteiger partial charge is 0.417 e. The summed E-state index contributed by atoms with van der Waals surface area (Å²) in [7, 11) is -0.638. The van der Waals surface area contributed by atoms with Gasteiger partial charge in [-0.25, -0.2) is 0 Å². The number of halogens is 6. The number of benzene rings is 1. The predicted octanol–water partition coefficient (Wildman–Crippen LogP) is 6.62. The first-order valence-corrected chi connectivity index (χ1v) is 8.89. The quantitative estimate of drug-likeness (QED) is 0.411. The topological polar surface area (TPSA) is 17.1 Å². The van der Waals surface area contributed by atoms with Gasteiger partial charge in [0.05, 0.1) is 11.1 Å². The molecule has 0 bridgehead atoms. The summed E-state index contributed by atoms with van der Waals surface area (Å²) in [4.78, 5) is 12.3. The number of alkyl halides is 6. The van der Waals surface area contributed by atoms with Crippen molar-refractivity contribution in [1.29, 1.82) is 0 Å². The maximum Gasteiger partial charge on any atom is 0.417 e.